The van der Waals surface area contributed by atoms with Crippen molar-refractivity contribution >= 4 is 15.8 Å². The Morgan fingerprint density at radius 1 is 1.29 bits per heavy atom. The largest absolute Gasteiger partial charge is 0.354 e. The van der Waals surface area contributed by atoms with E-state index in [0.29, 0.717) is 26.2 Å². The lowest BCUT2D eigenvalue weighted by atomic mass is 10.1. The monoisotopic (exact) mass is 315 g/mol. The zero-order valence-electron chi connectivity index (χ0n) is 13.2. The van der Waals surface area contributed by atoms with Crippen LogP contribution in [-0.2, 0) is 23.5 Å². The average Bonchev–Trinajstić information content (AvgIpc) is 2.63. The van der Waals surface area contributed by atoms with E-state index in [1.54, 1.807) is 0 Å². The number of anilines is 1. The van der Waals surface area contributed by atoms with Crippen molar-refractivity contribution in [3.8, 4) is 0 Å². The second-order valence-corrected chi connectivity index (χ2v) is 7.82. The van der Waals surface area contributed by atoms with Gasteiger partial charge < -0.3 is 10.6 Å². The van der Waals surface area contributed by atoms with Crippen LogP contribution in [0, 0.1) is 6.92 Å². The average molecular weight is 315 g/mol. The molecule has 0 amide bonds. The van der Waals surface area contributed by atoms with Gasteiger partial charge in [0.15, 0.2) is 0 Å². The fraction of sp³-hybridized carbons (Fsp3) is 0.769. The Kier molecular flexibility index (Phi) is 4.60. The van der Waals surface area contributed by atoms with Crippen molar-refractivity contribution in [3.05, 3.63) is 11.3 Å². The van der Waals surface area contributed by atoms with E-state index in [2.05, 4.69) is 10.00 Å². The van der Waals surface area contributed by atoms with Gasteiger partial charge in [-0.2, -0.15) is 9.40 Å². The van der Waals surface area contributed by atoms with Crippen LogP contribution in [0.5, 0.6) is 0 Å². The summed E-state index contributed by atoms with van der Waals surface area (Å²) in [7, 11) is -1.17. The van der Waals surface area contributed by atoms with E-state index in [0.717, 1.165) is 17.9 Å². The normalized spacial score (nSPS) is 19.0. The number of hydrogen-bond donors (Lipinski definition) is 1. The third kappa shape index (κ3) is 3.56. The summed E-state index contributed by atoms with van der Waals surface area (Å²) in [4.78, 5) is 2.21. The minimum Gasteiger partial charge on any atom is -0.354 e. The van der Waals surface area contributed by atoms with Gasteiger partial charge in [-0.15, -0.1) is 0 Å². The molecule has 2 rings (SSSR count). The van der Waals surface area contributed by atoms with E-state index in [1.807, 2.05) is 25.6 Å². The van der Waals surface area contributed by atoms with E-state index in [1.165, 1.54) is 16.1 Å². The number of hydrogen-bond acceptors (Lipinski definition) is 5. The maximum Gasteiger partial charge on any atom is 0.211 e. The first-order chi connectivity index (χ1) is 9.70. The molecule has 7 nitrogen and oxygen atoms in total. The third-order valence-electron chi connectivity index (χ3n) is 3.85. The van der Waals surface area contributed by atoms with Crippen LogP contribution < -0.4 is 10.6 Å². The topological polar surface area (TPSA) is 84.5 Å². The Hall–Kier alpha value is -1.12. The van der Waals surface area contributed by atoms with Crippen molar-refractivity contribution in [1.29, 1.82) is 0 Å². The smallest absolute Gasteiger partial charge is 0.211 e. The molecule has 2 heterocycles. The molecule has 1 saturated heterocycles. The number of nitrogens with two attached hydrogens (primary N) is 1. The summed E-state index contributed by atoms with van der Waals surface area (Å²) in [6.07, 6.45) is 2.04. The molecule has 1 aliphatic heterocycles. The van der Waals surface area contributed by atoms with Gasteiger partial charge in [0.25, 0.3) is 0 Å². The molecule has 8 heteroatoms. The fourth-order valence-corrected chi connectivity index (χ4v) is 3.70. The highest BCUT2D eigenvalue weighted by molar-refractivity contribution is 7.88. The lowest BCUT2D eigenvalue weighted by Crippen LogP contribution is -2.49. The van der Waals surface area contributed by atoms with Gasteiger partial charge in [0.2, 0.25) is 10.0 Å². The molecule has 1 aromatic rings. The van der Waals surface area contributed by atoms with Gasteiger partial charge >= 0.3 is 0 Å². The molecule has 1 atom stereocenters. The summed E-state index contributed by atoms with van der Waals surface area (Å²) < 4.78 is 26.6. The fourth-order valence-electron chi connectivity index (χ4n) is 2.88. The van der Waals surface area contributed by atoms with E-state index >= 15 is 0 Å². The van der Waals surface area contributed by atoms with Gasteiger partial charge in [-0.1, -0.05) is 0 Å². The lowest BCUT2D eigenvalue weighted by Gasteiger charge is -2.35. The molecular formula is C13H25N5O2S. The minimum absolute atomic E-state index is 0.0731. The third-order valence-corrected chi connectivity index (χ3v) is 5.15. The first kappa shape index (κ1) is 16.3. The highest BCUT2D eigenvalue weighted by atomic mass is 32.2. The van der Waals surface area contributed by atoms with Gasteiger partial charge in [0.1, 0.15) is 5.82 Å². The van der Waals surface area contributed by atoms with Crippen molar-refractivity contribution in [2.75, 3.05) is 37.3 Å². The van der Waals surface area contributed by atoms with Crippen LogP contribution in [-0.4, -0.2) is 61.0 Å². The predicted molar refractivity (Wildman–Crippen MR) is 83.9 cm³/mol. The highest BCUT2D eigenvalue weighted by Crippen LogP contribution is 2.25. The zero-order valence-corrected chi connectivity index (χ0v) is 14.0. The van der Waals surface area contributed by atoms with Crippen LogP contribution >= 0.6 is 0 Å². The van der Waals surface area contributed by atoms with Crippen molar-refractivity contribution in [1.82, 2.24) is 14.1 Å². The Morgan fingerprint density at radius 2 is 1.86 bits per heavy atom. The molecule has 1 aromatic heterocycles. The van der Waals surface area contributed by atoms with Gasteiger partial charge in [-0.05, 0) is 20.3 Å². The second-order valence-electron chi connectivity index (χ2n) is 5.84. The molecule has 0 saturated carbocycles. The summed E-state index contributed by atoms with van der Waals surface area (Å²) in [6, 6.07) is 0.0731. The summed E-state index contributed by atoms with van der Waals surface area (Å²) >= 11 is 0. The number of sulfonamides is 1. The zero-order chi connectivity index (χ0) is 15.8. The van der Waals surface area contributed by atoms with E-state index in [9.17, 15) is 8.42 Å². The Bertz CT molecular complexity index is 600. The summed E-state index contributed by atoms with van der Waals surface area (Å²) in [5.41, 5.74) is 8.10. The highest BCUT2D eigenvalue weighted by Gasteiger charge is 2.27. The number of piperazine rings is 1. The first-order valence-corrected chi connectivity index (χ1v) is 9.03. The molecule has 0 radical (unpaired) electrons. The minimum atomic E-state index is -3.10. The van der Waals surface area contributed by atoms with Crippen LogP contribution in [0.15, 0.2) is 0 Å². The van der Waals surface area contributed by atoms with E-state index < -0.39 is 10.0 Å². The van der Waals surface area contributed by atoms with Crippen LogP contribution in [0.25, 0.3) is 0 Å². The van der Waals surface area contributed by atoms with Crippen molar-refractivity contribution < 1.29 is 8.42 Å². The molecule has 21 heavy (non-hydrogen) atoms. The maximum atomic E-state index is 11.6. The molecule has 1 fully saturated rings. The molecular weight excluding hydrogens is 290 g/mol. The molecule has 0 spiro atoms. The van der Waals surface area contributed by atoms with Gasteiger partial charge in [0, 0.05) is 44.8 Å². The van der Waals surface area contributed by atoms with E-state index in [-0.39, 0.29) is 6.04 Å². The van der Waals surface area contributed by atoms with Crippen LogP contribution in [0.3, 0.4) is 0 Å². The lowest BCUT2D eigenvalue weighted by molar-refractivity contribution is 0.385. The second kappa shape index (κ2) is 5.94. The number of nitrogens with zero attached hydrogens (tertiary/aromatic N) is 4. The van der Waals surface area contributed by atoms with Crippen LogP contribution in [0.4, 0.5) is 5.82 Å². The van der Waals surface area contributed by atoms with Crippen LogP contribution in [0.2, 0.25) is 0 Å². The Morgan fingerprint density at radius 3 is 2.33 bits per heavy atom. The van der Waals surface area contributed by atoms with E-state index in [4.69, 9.17) is 5.73 Å². The quantitative estimate of drug-likeness (QED) is 0.824. The van der Waals surface area contributed by atoms with Crippen molar-refractivity contribution in [3.63, 3.8) is 0 Å². The molecule has 120 valence electrons. The Balaban J connectivity index is 2.20. The standard InChI is InChI=1S/C13H25N5O2S/c1-10(14)9-12-11(2)15-16(3)13(12)17-5-7-18(8-6-17)21(4,19)20/h10H,5-9,14H2,1-4H3. The number of aryl methyl sites for hydroxylation is 2. The molecule has 0 bridgehead atoms. The molecule has 1 unspecified atom stereocenters. The maximum absolute atomic E-state index is 11.6. The van der Waals surface area contributed by atoms with Gasteiger partial charge in [0.05, 0.1) is 11.9 Å². The summed E-state index contributed by atoms with van der Waals surface area (Å²) in [5, 5.41) is 4.49. The molecule has 0 aromatic carbocycles. The van der Waals surface area contributed by atoms with Crippen LogP contribution in [0.1, 0.15) is 18.2 Å². The predicted octanol–water partition coefficient (Wildman–Crippen LogP) is -0.300. The summed E-state index contributed by atoms with van der Waals surface area (Å²) in [5.74, 6) is 1.07. The number of aromatic nitrogens is 2. The molecule has 0 aliphatic carbocycles. The Labute approximate surface area is 126 Å². The number of rotatable bonds is 4. The van der Waals surface area contributed by atoms with Gasteiger partial charge in [-0.25, -0.2) is 8.42 Å². The molecule has 2 N–H and O–H groups in total. The van der Waals surface area contributed by atoms with Gasteiger partial charge in [-0.3, -0.25) is 4.68 Å². The van der Waals surface area contributed by atoms with Crippen molar-refractivity contribution in [2.45, 2.75) is 26.3 Å². The SMILES string of the molecule is Cc1nn(C)c(N2CCN(S(C)(=O)=O)CC2)c1CC(C)N. The first-order valence-electron chi connectivity index (χ1n) is 7.18. The van der Waals surface area contributed by atoms with Crippen molar-refractivity contribution in [2.24, 2.45) is 12.8 Å². The summed E-state index contributed by atoms with van der Waals surface area (Å²) in [6.45, 7) is 6.36. The molecule has 1 aliphatic rings.